The van der Waals surface area contributed by atoms with Gasteiger partial charge in [0.1, 0.15) is 0 Å². The molecule has 2 aliphatic rings. The zero-order valence-electron chi connectivity index (χ0n) is 27.1. The van der Waals surface area contributed by atoms with Gasteiger partial charge in [0.25, 0.3) is 0 Å². The van der Waals surface area contributed by atoms with Gasteiger partial charge < -0.3 is 9.47 Å². The topological polar surface area (TPSA) is 52.6 Å². The van der Waals surface area contributed by atoms with Gasteiger partial charge in [-0.3, -0.25) is 9.59 Å². The minimum Gasteiger partial charge on any atom is -0.471 e. The lowest BCUT2D eigenvalue weighted by Crippen LogP contribution is -2.21. The van der Waals surface area contributed by atoms with Gasteiger partial charge >= 0.3 is 11.9 Å². The van der Waals surface area contributed by atoms with E-state index in [0.717, 1.165) is 62.3 Å². The number of allylic oxidation sites excluding steroid dienone is 8. The molecule has 0 aromatic rings. The van der Waals surface area contributed by atoms with Gasteiger partial charge in [-0.15, -0.1) is 10.9 Å². The number of esters is 2. The summed E-state index contributed by atoms with van der Waals surface area (Å²) in [7, 11) is 4.16. The predicted molar refractivity (Wildman–Crippen MR) is 169 cm³/mol. The molecule has 0 N–H and O–H groups in total. The Morgan fingerprint density at radius 1 is 0.675 bits per heavy atom. The molecule has 220 valence electrons. The van der Waals surface area contributed by atoms with Gasteiger partial charge in [-0.05, 0) is 61.5 Å². The molecule has 4 unspecified atom stereocenters. The van der Waals surface area contributed by atoms with E-state index in [1.807, 2.05) is 0 Å². The van der Waals surface area contributed by atoms with E-state index in [1.54, 1.807) is 0 Å². The van der Waals surface area contributed by atoms with Crippen molar-refractivity contribution in [1.82, 2.24) is 0 Å². The molecule has 2 radical (unpaired) electrons. The number of carbonyl (C=O) groups is 2. The standard InChI is InChI=1S/C34H54B2O4/c1-11-33(9,12-2)21-27-19-29(39-31(27)37)35-25(7)17-15-23(5)24(6)16-18-26(8)36-30-20-28(32(38)40-30)22-34(10,13-3)14-4/h15-18,27-30H,11-14,19-22H2,1-10H3/b23-15+,24-16+,25-17+,26-18+. The molecule has 40 heavy (non-hydrogen) atoms. The molecular formula is C34H54B2O4. The number of ether oxygens (including phenoxy) is 2. The molecule has 0 amide bonds. The average Bonchev–Trinajstić information content (AvgIpc) is 3.44. The molecule has 0 spiro atoms. The van der Waals surface area contributed by atoms with E-state index in [1.165, 1.54) is 11.1 Å². The minimum absolute atomic E-state index is 0.000225. The molecule has 4 nitrogen and oxygen atoms in total. The van der Waals surface area contributed by atoms with Crippen molar-refractivity contribution < 1.29 is 19.1 Å². The van der Waals surface area contributed by atoms with E-state index in [-0.39, 0.29) is 46.6 Å². The normalized spacial score (nSPS) is 25.2. The smallest absolute Gasteiger partial charge is 0.308 e. The predicted octanol–water partition coefficient (Wildman–Crippen LogP) is 8.31. The molecule has 0 saturated carbocycles. The molecule has 0 aliphatic carbocycles. The molecule has 4 atom stereocenters. The fourth-order valence-corrected chi connectivity index (χ4v) is 5.62. The maximum Gasteiger partial charge on any atom is 0.308 e. The van der Waals surface area contributed by atoms with E-state index in [9.17, 15) is 9.59 Å². The molecule has 2 heterocycles. The van der Waals surface area contributed by atoms with Crippen LogP contribution in [0.3, 0.4) is 0 Å². The van der Waals surface area contributed by atoms with Gasteiger partial charge in [-0.25, -0.2) is 0 Å². The highest BCUT2D eigenvalue weighted by molar-refractivity contribution is 6.47. The number of cyclic esters (lactones) is 2. The second-order valence-electron chi connectivity index (χ2n) is 13.1. The van der Waals surface area contributed by atoms with Crippen LogP contribution in [0.25, 0.3) is 0 Å². The molecule has 0 bridgehead atoms. The van der Waals surface area contributed by atoms with Gasteiger partial charge in [-0.1, -0.05) is 105 Å². The van der Waals surface area contributed by atoms with Gasteiger partial charge in [0, 0.05) is 0 Å². The Morgan fingerprint density at radius 3 is 1.30 bits per heavy atom. The molecule has 2 aliphatic heterocycles. The molecule has 2 rings (SSSR count). The van der Waals surface area contributed by atoms with Crippen molar-refractivity contribution in [3.8, 4) is 0 Å². The van der Waals surface area contributed by atoms with Crippen molar-refractivity contribution in [2.75, 3.05) is 0 Å². The first-order valence-electron chi connectivity index (χ1n) is 15.6. The monoisotopic (exact) mass is 548 g/mol. The quantitative estimate of drug-likeness (QED) is 0.117. The van der Waals surface area contributed by atoms with Crippen molar-refractivity contribution in [3.63, 3.8) is 0 Å². The summed E-state index contributed by atoms with van der Waals surface area (Å²) in [5.41, 5.74) is 4.94. The Bertz CT molecular complexity index is 917. The largest absolute Gasteiger partial charge is 0.471 e. The van der Waals surface area contributed by atoms with Crippen molar-refractivity contribution in [1.29, 1.82) is 0 Å². The van der Waals surface area contributed by atoms with E-state index < -0.39 is 0 Å². The summed E-state index contributed by atoms with van der Waals surface area (Å²) in [6.07, 6.45) is 16.1. The Morgan fingerprint density at radius 2 is 1.00 bits per heavy atom. The fraction of sp³-hybridized carbons (Fsp3) is 0.706. The van der Waals surface area contributed by atoms with Crippen LogP contribution in [-0.2, 0) is 19.1 Å². The van der Waals surface area contributed by atoms with Crippen molar-refractivity contribution in [2.45, 2.75) is 133 Å². The summed E-state index contributed by atoms with van der Waals surface area (Å²) in [5.74, 6) is -0.0932. The number of hydrogen-bond acceptors (Lipinski definition) is 4. The van der Waals surface area contributed by atoms with E-state index in [2.05, 4.69) is 108 Å². The number of hydrogen-bond donors (Lipinski definition) is 0. The van der Waals surface area contributed by atoms with Crippen LogP contribution in [0.4, 0.5) is 0 Å². The first-order valence-corrected chi connectivity index (χ1v) is 15.6. The highest BCUT2D eigenvalue weighted by Crippen LogP contribution is 2.39. The second-order valence-corrected chi connectivity index (χ2v) is 13.1. The third kappa shape index (κ3) is 10.1. The van der Waals surface area contributed by atoms with Crippen molar-refractivity contribution in [2.24, 2.45) is 22.7 Å². The van der Waals surface area contributed by atoms with E-state index in [0.29, 0.717) is 0 Å². The van der Waals surface area contributed by atoms with Crippen LogP contribution in [0.1, 0.15) is 121 Å². The maximum absolute atomic E-state index is 12.5. The van der Waals surface area contributed by atoms with Gasteiger partial charge in [0.2, 0.25) is 0 Å². The Hall–Kier alpha value is -1.97. The van der Waals surface area contributed by atoms with Crippen LogP contribution in [0.15, 0.2) is 46.4 Å². The molecule has 2 saturated heterocycles. The minimum atomic E-state index is -0.139. The lowest BCUT2D eigenvalue weighted by atomic mass is 9.62. The van der Waals surface area contributed by atoms with Crippen molar-refractivity contribution in [3.05, 3.63) is 46.4 Å². The number of rotatable bonds is 15. The highest BCUT2D eigenvalue weighted by atomic mass is 16.6. The van der Waals surface area contributed by atoms with Crippen LogP contribution in [0, 0.1) is 22.7 Å². The number of carbonyl (C=O) groups excluding carboxylic acids is 2. The third-order valence-corrected chi connectivity index (χ3v) is 9.84. The van der Waals surface area contributed by atoms with Crippen LogP contribution >= 0.6 is 0 Å². The molecule has 0 aromatic heterocycles. The zero-order valence-corrected chi connectivity index (χ0v) is 27.1. The molecule has 2 fully saturated rings. The van der Waals surface area contributed by atoms with Crippen LogP contribution in [-0.4, -0.2) is 38.5 Å². The van der Waals surface area contributed by atoms with Crippen LogP contribution < -0.4 is 0 Å². The summed E-state index contributed by atoms with van der Waals surface area (Å²) < 4.78 is 11.4. The summed E-state index contributed by atoms with van der Waals surface area (Å²) in [4.78, 5) is 24.9. The molecular weight excluding hydrogens is 494 g/mol. The van der Waals surface area contributed by atoms with Crippen molar-refractivity contribution >= 4 is 26.5 Å². The Labute approximate surface area is 247 Å². The highest BCUT2D eigenvalue weighted by Gasteiger charge is 2.39. The average molecular weight is 548 g/mol. The van der Waals surface area contributed by atoms with Crippen LogP contribution in [0.2, 0.25) is 0 Å². The Kier molecular flexibility index (Phi) is 13.1. The Balaban J connectivity index is 1.89. The molecule has 0 aromatic carbocycles. The van der Waals surface area contributed by atoms with Gasteiger partial charge in [0.05, 0.1) is 23.8 Å². The summed E-state index contributed by atoms with van der Waals surface area (Å²) in [5, 5.41) is 0. The summed E-state index contributed by atoms with van der Waals surface area (Å²) in [6.45, 7) is 21.7. The molecule has 6 heteroatoms. The maximum atomic E-state index is 12.5. The third-order valence-electron chi connectivity index (χ3n) is 9.84. The SMILES string of the molecule is CCC(C)(CC)CC1CC([B]/C(C)=C/C=C(C)/C(C)=C/C=C(\C)[B]C2CC(CC(C)(CC)CC)C(=O)O2)OC1=O. The summed E-state index contributed by atoms with van der Waals surface area (Å²) in [6, 6.07) is -0.277. The van der Waals surface area contributed by atoms with Gasteiger partial charge in [-0.2, -0.15) is 0 Å². The first kappa shape index (κ1) is 34.2. The van der Waals surface area contributed by atoms with E-state index >= 15 is 0 Å². The first-order chi connectivity index (χ1) is 18.8. The fourth-order valence-electron chi connectivity index (χ4n) is 5.62. The van der Waals surface area contributed by atoms with E-state index in [4.69, 9.17) is 9.47 Å². The summed E-state index contributed by atoms with van der Waals surface area (Å²) >= 11 is 0. The van der Waals surface area contributed by atoms with Crippen LogP contribution in [0.5, 0.6) is 0 Å². The van der Waals surface area contributed by atoms with Gasteiger partial charge in [0.15, 0.2) is 14.6 Å². The lowest BCUT2D eigenvalue weighted by Gasteiger charge is -2.28. The zero-order chi connectivity index (χ0) is 30.1. The lowest BCUT2D eigenvalue weighted by molar-refractivity contribution is -0.144. The second kappa shape index (κ2) is 15.3.